The van der Waals surface area contributed by atoms with Crippen LogP contribution in [0, 0.1) is 13.8 Å². The first-order valence-electron chi connectivity index (χ1n) is 9.64. The molecule has 7 heteroatoms. The van der Waals surface area contributed by atoms with E-state index < -0.39 is 0 Å². The molecular formula is C22H22N4O2S. The Morgan fingerprint density at radius 1 is 0.862 bits per heavy atom. The summed E-state index contributed by atoms with van der Waals surface area (Å²) in [4.78, 5) is 26.2. The number of hydrogen-bond acceptors (Lipinski definition) is 5. The highest BCUT2D eigenvalue weighted by atomic mass is 32.2. The second-order valence-electron chi connectivity index (χ2n) is 7.01. The second kappa shape index (κ2) is 8.21. The zero-order valence-corrected chi connectivity index (χ0v) is 17.3. The summed E-state index contributed by atoms with van der Waals surface area (Å²) in [6, 6.07) is 15.2. The second-order valence-corrected chi connectivity index (χ2v) is 8.08. The van der Waals surface area contributed by atoms with Crippen LogP contribution in [0.25, 0.3) is 5.69 Å². The highest BCUT2D eigenvalue weighted by molar-refractivity contribution is 7.99. The maximum absolute atomic E-state index is 12.4. The van der Waals surface area contributed by atoms with Crippen LogP contribution in [-0.4, -0.2) is 43.8 Å². The van der Waals surface area contributed by atoms with Gasteiger partial charge in [-0.2, -0.15) is 0 Å². The molecular weight excluding hydrogens is 384 g/mol. The zero-order chi connectivity index (χ0) is 20.4. The van der Waals surface area contributed by atoms with Gasteiger partial charge in [0.25, 0.3) is 11.8 Å². The number of nitrogens with zero attached hydrogens (tertiary/aromatic N) is 4. The smallest absolute Gasteiger partial charge is 0.261 e. The van der Waals surface area contributed by atoms with Gasteiger partial charge in [0.05, 0.1) is 16.8 Å². The predicted octanol–water partition coefficient (Wildman–Crippen LogP) is 4.05. The van der Waals surface area contributed by atoms with Crippen LogP contribution >= 0.6 is 11.8 Å². The van der Waals surface area contributed by atoms with Crippen LogP contribution in [0.5, 0.6) is 0 Å². The van der Waals surface area contributed by atoms with Crippen LogP contribution in [0.2, 0.25) is 0 Å². The molecule has 2 aromatic carbocycles. The molecule has 0 N–H and O–H groups in total. The van der Waals surface area contributed by atoms with Gasteiger partial charge in [0.15, 0.2) is 5.16 Å². The number of amides is 2. The third-order valence-electron chi connectivity index (χ3n) is 5.04. The SMILES string of the molecule is Cc1ccccc1-n1c(C)nnc1SCCCCN1C(=O)c2ccccc2C1=O. The van der Waals surface area contributed by atoms with E-state index in [1.165, 1.54) is 10.5 Å². The van der Waals surface area contributed by atoms with E-state index >= 15 is 0 Å². The summed E-state index contributed by atoms with van der Waals surface area (Å²) in [5, 5.41) is 9.41. The summed E-state index contributed by atoms with van der Waals surface area (Å²) in [7, 11) is 0. The molecule has 0 unspecified atom stereocenters. The van der Waals surface area contributed by atoms with Crippen LogP contribution in [0.1, 0.15) is 44.9 Å². The minimum Gasteiger partial charge on any atom is -0.274 e. The van der Waals surface area contributed by atoms with E-state index in [0.29, 0.717) is 17.7 Å². The normalized spacial score (nSPS) is 13.2. The molecule has 6 nitrogen and oxygen atoms in total. The van der Waals surface area contributed by atoms with E-state index in [2.05, 4.69) is 33.8 Å². The van der Waals surface area contributed by atoms with Crippen LogP contribution in [0.3, 0.4) is 0 Å². The molecule has 3 aromatic rings. The molecule has 0 bridgehead atoms. The van der Waals surface area contributed by atoms with Crippen molar-refractivity contribution in [1.29, 1.82) is 0 Å². The number of imide groups is 1. The van der Waals surface area contributed by atoms with Crippen molar-refractivity contribution in [3.63, 3.8) is 0 Å². The quantitative estimate of drug-likeness (QED) is 0.336. The number of rotatable bonds is 7. The van der Waals surface area contributed by atoms with Gasteiger partial charge in [0, 0.05) is 12.3 Å². The van der Waals surface area contributed by atoms with E-state index in [4.69, 9.17) is 0 Å². The Kier molecular flexibility index (Phi) is 5.49. The lowest BCUT2D eigenvalue weighted by atomic mass is 10.1. The van der Waals surface area contributed by atoms with Crippen molar-refractivity contribution in [2.45, 2.75) is 31.8 Å². The molecule has 29 heavy (non-hydrogen) atoms. The zero-order valence-electron chi connectivity index (χ0n) is 16.5. The van der Waals surface area contributed by atoms with Gasteiger partial charge < -0.3 is 0 Å². The van der Waals surface area contributed by atoms with Crippen LogP contribution < -0.4 is 0 Å². The molecule has 1 aliphatic rings. The molecule has 148 valence electrons. The molecule has 0 radical (unpaired) electrons. The highest BCUT2D eigenvalue weighted by Crippen LogP contribution is 2.26. The Balaban J connectivity index is 1.33. The number of benzene rings is 2. The van der Waals surface area contributed by atoms with Crippen molar-refractivity contribution in [3.8, 4) is 5.69 Å². The van der Waals surface area contributed by atoms with E-state index in [0.717, 1.165) is 35.3 Å². The molecule has 2 amide bonds. The Labute approximate surface area is 173 Å². The molecule has 0 saturated heterocycles. The molecule has 1 aliphatic heterocycles. The van der Waals surface area contributed by atoms with Crippen molar-refractivity contribution in [1.82, 2.24) is 19.7 Å². The molecule has 1 aromatic heterocycles. The average Bonchev–Trinajstić information content (AvgIpc) is 3.21. The number of fused-ring (bicyclic) bond motifs is 1. The van der Waals surface area contributed by atoms with Gasteiger partial charge in [-0.1, -0.05) is 42.1 Å². The van der Waals surface area contributed by atoms with E-state index in [9.17, 15) is 9.59 Å². The van der Waals surface area contributed by atoms with Crippen LogP contribution in [0.15, 0.2) is 53.7 Å². The largest absolute Gasteiger partial charge is 0.274 e. The fraction of sp³-hybridized carbons (Fsp3) is 0.273. The third-order valence-corrected chi connectivity index (χ3v) is 6.05. The van der Waals surface area contributed by atoms with Crippen LogP contribution in [0.4, 0.5) is 0 Å². The number of thioether (sulfide) groups is 1. The number of para-hydroxylation sites is 1. The van der Waals surface area contributed by atoms with Gasteiger partial charge in [-0.25, -0.2) is 0 Å². The van der Waals surface area contributed by atoms with Gasteiger partial charge in [-0.15, -0.1) is 10.2 Å². The van der Waals surface area contributed by atoms with Gasteiger partial charge in [0.2, 0.25) is 0 Å². The summed E-state index contributed by atoms with van der Waals surface area (Å²) in [5.41, 5.74) is 3.27. The van der Waals surface area contributed by atoms with Crippen molar-refractivity contribution >= 4 is 23.6 Å². The molecule has 0 spiro atoms. The van der Waals surface area contributed by atoms with E-state index in [-0.39, 0.29) is 11.8 Å². The topological polar surface area (TPSA) is 68.1 Å². The van der Waals surface area contributed by atoms with Crippen LogP contribution in [-0.2, 0) is 0 Å². The third kappa shape index (κ3) is 3.70. The minimum atomic E-state index is -0.187. The van der Waals surface area contributed by atoms with Crippen molar-refractivity contribution in [2.75, 3.05) is 12.3 Å². The first-order valence-corrected chi connectivity index (χ1v) is 10.6. The molecule has 0 saturated carbocycles. The van der Waals surface area contributed by atoms with Gasteiger partial charge >= 0.3 is 0 Å². The van der Waals surface area contributed by atoms with Gasteiger partial charge in [-0.05, 0) is 50.5 Å². The highest BCUT2D eigenvalue weighted by Gasteiger charge is 2.34. The number of hydrogen-bond donors (Lipinski definition) is 0. The standard InChI is InChI=1S/C22H22N4O2S/c1-15-9-3-6-12-19(15)26-16(2)23-24-22(26)29-14-8-7-13-25-20(27)17-10-4-5-11-18(17)21(25)28/h3-6,9-12H,7-8,13-14H2,1-2H3. The monoisotopic (exact) mass is 406 g/mol. The Morgan fingerprint density at radius 2 is 1.52 bits per heavy atom. The number of carbonyl (C=O) groups excluding carboxylic acids is 2. The molecule has 2 heterocycles. The Hall–Kier alpha value is -2.93. The summed E-state index contributed by atoms with van der Waals surface area (Å²) < 4.78 is 2.07. The first kappa shape index (κ1) is 19.4. The minimum absolute atomic E-state index is 0.187. The van der Waals surface area contributed by atoms with E-state index in [1.54, 1.807) is 36.0 Å². The Morgan fingerprint density at radius 3 is 2.21 bits per heavy atom. The average molecular weight is 407 g/mol. The number of carbonyl (C=O) groups is 2. The fourth-order valence-electron chi connectivity index (χ4n) is 3.51. The fourth-order valence-corrected chi connectivity index (χ4v) is 4.49. The maximum Gasteiger partial charge on any atom is 0.261 e. The summed E-state index contributed by atoms with van der Waals surface area (Å²) in [6.07, 6.45) is 1.63. The predicted molar refractivity (Wildman–Crippen MR) is 113 cm³/mol. The summed E-state index contributed by atoms with van der Waals surface area (Å²) >= 11 is 1.64. The van der Waals surface area contributed by atoms with Crippen molar-refractivity contribution in [3.05, 3.63) is 71.0 Å². The lowest BCUT2D eigenvalue weighted by Gasteiger charge is -2.13. The molecule has 0 atom stereocenters. The van der Waals surface area contributed by atoms with E-state index in [1.807, 2.05) is 19.1 Å². The number of aromatic nitrogens is 3. The van der Waals surface area contributed by atoms with Crippen molar-refractivity contribution < 1.29 is 9.59 Å². The molecule has 4 rings (SSSR count). The number of unbranched alkanes of at least 4 members (excludes halogenated alkanes) is 1. The Bertz CT molecular complexity index is 1040. The lowest BCUT2D eigenvalue weighted by Crippen LogP contribution is -2.30. The summed E-state index contributed by atoms with van der Waals surface area (Å²) in [6.45, 7) is 4.47. The van der Waals surface area contributed by atoms with Gasteiger partial charge in [0.1, 0.15) is 5.82 Å². The van der Waals surface area contributed by atoms with Gasteiger partial charge in [-0.3, -0.25) is 19.1 Å². The number of aryl methyl sites for hydroxylation is 2. The molecule has 0 fully saturated rings. The molecule has 0 aliphatic carbocycles. The maximum atomic E-state index is 12.4. The lowest BCUT2D eigenvalue weighted by molar-refractivity contribution is 0.0652. The summed E-state index contributed by atoms with van der Waals surface area (Å²) in [5.74, 6) is 1.32. The van der Waals surface area contributed by atoms with Crippen molar-refractivity contribution in [2.24, 2.45) is 0 Å². The first-order chi connectivity index (χ1) is 14.1.